The Hall–Kier alpha value is -0.150. The predicted octanol–water partition coefficient (Wildman–Crippen LogP) is 2.33. The van der Waals surface area contributed by atoms with Crippen LogP contribution in [-0.4, -0.2) is 15.7 Å². The first-order valence-electron chi connectivity index (χ1n) is 3.05. The molecule has 58 valence electrons. The van der Waals surface area contributed by atoms with Gasteiger partial charge in [0.05, 0.1) is 0 Å². The molecule has 0 aliphatic rings. The fourth-order valence-electron chi connectivity index (χ4n) is 0.528. The van der Waals surface area contributed by atoms with Crippen molar-refractivity contribution in [2.45, 2.75) is 18.5 Å². The summed E-state index contributed by atoms with van der Waals surface area (Å²) in [6, 6.07) is 0. The van der Waals surface area contributed by atoms with E-state index in [2.05, 4.69) is 16.9 Å². The Morgan fingerprint density at radius 2 is 2.50 bits per heavy atom. The number of thioether (sulfide) groups is 1. The van der Waals surface area contributed by atoms with Crippen molar-refractivity contribution < 1.29 is 0 Å². The molecule has 2 nitrogen and oxygen atoms in total. The number of H-pyrrole nitrogens is 1. The quantitative estimate of drug-likeness (QED) is 0.720. The van der Waals surface area contributed by atoms with E-state index in [1.165, 1.54) is 6.42 Å². The first kappa shape index (κ1) is 9.85. The topological polar surface area (TPSA) is 28.7 Å². The van der Waals surface area contributed by atoms with Crippen LogP contribution in [0.25, 0.3) is 0 Å². The SMILES string of the molecule is CCCSc1ncc[nH]1.Cl. The Kier molecular flexibility index (Phi) is 5.54. The van der Waals surface area contributed by atoms with Crippen LogP contribution in [0.4, 0.5) is 0 Å². The van der Waals surface area contributed by atoms with E-state index >= 15 is 0 Å². The number of rotatable bonds is 3. The molecule has 0 unspecified atom stereocenters. The van der Waals surface area contributed by atoms with Gasteiger partial charge in [-0.2, -0.15) is 0 Å². The van der Waals surface area contributed by atoms with Gasteiger partial charge in [0, 0.05) is 18.1 Å². The molecule has 0 aliphatic carbocycles. The molecule has 1 heterocycles. The second-order valence-electron chi connectivity index (χ2n) is 1.74. The predicted molar refractivity (Wildman–Crippen MR) is 46.9 cm³/mol. The highest BCUT2D eigenvalue weighted by Crippen LogP contribution is 2.11. The third-order valence-electron chi connectivity index (χ3n) is 0.916. The molecule has 0 amide bonds. The monoisotopic (exact) mass is 178 g/mol. The molecular weight excluding hydrogens is 168 g/mol. The highest BCUT2D eigenvalue weighted by molar-refractivity contribution is 7.99. The molecule has 0 aliphatic heterocycles. The van der Waals surface area contributed by atoms with E-state index < -0.39 is 0 Å². The fraction of sp³-hybridized carbons (Fsp3) is 0.500. The lowest BCUT2D eigenvalue weighted by Crippen LogP contribution is -1.76. The smallest absolute Gasteiger partial charge is 0.165 e. The second-order valence-corrected chi connectivity index (χ2v) is 2.83. The Bertz CT molecular complexity index is 153. The second kappa shape index (κ2) is 5.62. The van der Waals surface area contributed by atoms with Crippen molar-refractivity contribution in [3.05, 3.63) is 12.4 Å². The van der Waals surface area contributed by atoms with E-state index in [0.717, 1.165) is 10.9 Å². The number of nitrogens with zero attached hydrogens (tertiary/aromatic N) is 1. The largest absolute Gasteiger partial charge is 0.340 e. The van der Waals surface area contributed by atoms with Gasteiger partial charge in [0.1, 0.15) is 0 Å². The minimum atomic E-state index is 0. The Morgan fingerprint density at radius 3 is 3.00 bits per heavy atom. The number of halogens is 1. The standard InChI is InChI=1S/C6H10N2S.ClH/c1-2-5-9-6-7-3-4-8-6;/h3-4H,2,5H2,1H3,(H,7,8);1H. The molecule has 0 radical (unpaired) electrons. The van der Waals surface area contributed by atoms with Crippen molar-refractivity contribution in [2.24, 2.45) is 0 Å². The van der Waals surface area contributed by atoms with Crippen LogP contribution in [0.5, 0.6) is 0 Å². The Labute approximate surface area is 71.2 Å². The van der Waals surface area contributed by atoms with Gasteiger partial charge >= 0.3 is 0 Å². The van der Waals surface area contributed by atoms with Crippen LogP contribution in [0.2, 0.25) is 0 Å². The maximum atomic E-state index is 4.06. The van der Waals surface area contributed by atoms with E-state index in [1.807, 2.05) is 6.20 Å². The Morgan fingerprint density at radius 1 is 1.70 bits per heavy atom. The zero-order valence-electron chi connectivity index (χ0n) is 5.83. The summed E-state index contributed by atoms with van der Waals surface area (Å²) in [6.07, 6.45) is 4.82. The van der Waals surface area contributed by atoms with E-state index in [0.29, 0.717) is 0 Å². The number of nitrogens with one attached hydrogen (secondary N) is 1. The maximum absolute atomic E-state index is 4.06. The zero-order chi connectivity index (χ0) is 6.53. The van der Waals surface area contributed by atoms with E-state index in [-0.39, 0.29) is 12.4 Å². The summed E-state index contributed by atoms with van der Waals surface area (Å²) < 4.78 is 0. The summed E-state index contributed by atoms with van der Waals surface area (Å²) in [4.78, 5) is 7.08. The normalized spacial score (nSPS) is 8.90. The summed E-state index contributed by atoms with van der Waals surface area (Å²) in [5.41, 5.74) is 0. The minimum absolute atomic E-state index is 0. The number of imidazole rings is 1. The number of aromatic nitrogens is 2. The average Bonchev–Trinajstić information content (AvgIpc) is 2.34. The fourth-order valence-corrected chi connectivity index (χ4v) is 1.21. The highest BCUT2D eigenvalue weighted by atomic mass is 35.5. The lowest BCUT2D eigenvalue weighted by Gasteiger charge is -1.90. The van der Waals surface area contributed by atoms with Gasteiger partial charge in [0.15, 0.2) is 5.16 Å². The van der Waals surface area contributed by atoms with Crippen LogP contribution >= 0.6 is 24.2 Å². The molecule has 0 aromatic carbocycles. The van der Waals surface area contributed by atoms with Crippen molar-refractivity contribution in [1.82, 2.24) is 9.97 Å². The van der Waals surface area contributed by atoms with Crippen molar-refractivity contribution in [3.63, 3.8) is 0 Å². The summed E-state index contributed by atoms with van der Waals surface area (Å²) in [7, 11) is 0. The molecule has 0 saturated heterocycles. The molecule has 4 heteroatoms. The van der Waals surface area contributed by atoms with Crippen molar-refractivity contribution in [3.8, 4) is 0 Å². The third kappa shape index (κ3) is 3.13. The number of hydrogen-bond acceptors (Lipinski definition) is 2. The van der Waals surface area contributed by atoms with E-state index in [1.54, 1.807) is 18.0 Å². The van der Waals surface area contributed by atoms with Crippen molar-refractivity contribution in [2.75, 3.05) is 5.75 Å². The minimum Gasteiger partial charge on any atom is -0.340 e. The van der Waals surface area contributed by atoms with Gasteiger partial charge in [-0.25, -0.2) is 4.98 Å². The van der Waals surface area contributed by atoms with Gasteiger partial charge in [-0.15, -0.1) is 12.4 Å². The van der Waals surface area contributed by atoms with Gasteiger partial charge in [0.2, 0.25) is 0 Å². The zero-order valence-corrected chi connectivity index (χ0v) is 7.47. The number of aromatic amines is 1. The summed E-state index contributed by atoms with van der Waals surface area (Å²) in [5, 5.41) is 1.02. The molecular formula is C6H11ClN2S. The molecule has 1 rings (SSSR count). The first-order valence-corrected chi connectivity index (χ1v) is 4.04. The van der Waals surface area contributed by atoms with E-state index in [9.17, 15) is 0 Å². The average molecular weight is 179 g/mol. The highest BCUT2D eigenvalue weighted by Gasteiger charge is 1.90. The van der Waals surface area contributed by atoms with Crippen molar-refractivity contribution >= 4 is 24.2 Å². The van der Waals surface area contributed by atoms with Crippen LogP contribution in [0.1, 0.15) is 13.3 Å². The lowest BCUT2D eigenvalue weighted by atomic mass is 10.6. The van der Waals surface area contributed by atoms with Crippen LogP contribution in [-0.2, 0) is 0 Å². The first-order chi connectivity index (χ1) is 4.43. The molecule has 0 bridgehead atoms. The molecule has 0 atom stereocenters. The van der Waals surface area contributed by atoms with Crippen molar-refractivity contribution in [1.29, 1.82) is 0 Å². The lowest BCUT2D eigenvalue weighted by molar-refractivity contribution is 1.04. The molecule has 1 aromatic rings. The van der Waals surface area contributed by atoms with Gasteiger partial charge in [-0.3, -0.25) is 0 Å². The summed E-state index contributed by atoms with van der Waals surface area (Å²) >= 11 is 1.76. The van der Waals surface area contributed by atoms with Crippen LogP contribution in [0, 0.1) is 0 Å². The molecule has 10 heavy (non-hydrogen) atoms. The Balaban J connectivity index is 0.000000810. The molecule has 0 saturated carbocycles. The van der Waals surface area contributed by atoms with Gasteiger partial charge in [-0.1, -0.05) is 18.7 Å². The van der Waals surface area contributed by atoms with Gasteiger partial charge < -0.3 is 4.98 Å². The van der Waals surface area contributed by atoms with Gasteiger partial charge in [-0.05, 0) is 6.42 Å². The molecule has 1 N–H and O–H groups in total. The molecule has 0 fully saturated rings. The van der Waals surface area contributed by atoms with Crippen LogP contribution in [0.15, 0.2) is 17.6 Å². The summed E-state index contributed by atoms with van der Waals surface area (Å²) in [6.45, 7) is 2.16. The maximum Gasteiger partial charge on any atom is 0.165 e. The van der Waals surface area contributed by atoms with Crippen LogP contribution in [0.3, 0.4) is 0 Å². The number of hydrogen-bond donors (Lipinski definition) is 1. The van der Waals surface area contributed by atoms with Crippen LogP contribution < -0.4 is 0 Å². The summed E-state index contributed by atoms with van der Waals surface area (Å²) in [5.74, 6) is 1.15. The van der Waals surface area contributed by atoms with Gasteiger partial charge in [0.25, 0.3) is 0 Å². The third-order valence-corrected chi connectivity index (χ3v) is 2.03. The van der Waals surface area contributed by atoms with E-state index in [4.69, 9.17) is 0 Å². The molecule has 1 aromatic heterocycles. The molecule has 0 spiro atoms.